The number of carbonyl (C=O) groups is 2. The Morgan fingerprint density at radius 1 is 1.23 bits per heavy atom. The highest BCUT2D eigenvalue weighted by molar-refractivity contribution is 7.09. The first-order valence-electron chi connectivity index (χ1n) is 8.10. The van der Waals surface area contributed by atoms with Gasteiger partial charge in [0.25, 0.3) is 0 Å². The fraction of sp³-hybridized carbons (Fsp3) is 0.389. The maximum absolute atomic E-state index is 12.8. The lowest BCUT2D eigenvalue weighted by atomic mass is 10.1. The van der Waals surface area contributed by atoms with E-state index in [1.807, 2.05) is 32.0 Å². The van der Waals surface area contributed by atoms with Crippen LogP contribution >= 0.6 is 11.3 Å². The summed E-state index contributed by atoms with van der Waals surface area (Å²) in [6.45, 7) is 4.98. The van der Waals surface area contributed by atoms with Crippen molar-refractivity contribution in [1.82, 2.24) is 9.88 Å². The van der Waals surface area contributed by atoms with Crippen molar-refractivity contribution in [2.45, 2.75) is 20.4 Å². The van der Waals surface area contributed by atoms with Crippen LogP contribution in [0, 0.1) is 13.8 Å². The molecule has 2 aromatic rings. The molecule has 0 aliphatic carbocycles. The predicted octanol–water partition coefficient (Wildman–Crippen LogP) is 3.23. The van der Waals surface area contributed by atoms with E-state index < -0.39 is 5.97 Å². The molecule has 26 heavy (non-hydrogen) atoms. The zero-order chi connectivity index (χ0) is 19.1. The van der Waals surface area contributed by atoms with Crippen LogP contribution in [0.15, 0.2) is 23.6 Å². The maximum atomic E-state index is 12.8. The van der Waals surface area contributed by atoms with Crippen LogP contribution in [0.25, 0.3) is 0 Å². The smallest absolute Gasteiger partial charge is 0.357 e. The summed E-state index contributed by atoms with van der Waals surface area (Å²) >= 11 is 1.31. The van der Waals surface area contributed by atoms with Crippen LogP contribution in [-0.2, 0) is 16.0 Å². The molecule has 140 valence electrons. The monoisotopic (exact) mass is 377 g/mol. The van der Waals surface area contributed by atoms with Gasteiger partial charge >= 0.3 is 12.0 Å². The van der Waals surface area contributed by atoms with Gasteiger partial charge in [-0.25, -0.2) is 14.6 Å². The number of amides is 2. The Hall–Kier alpha value is -2.45. The number of nitrogens with zero attached hydrogens (tertiary/aromatic N) is 2. The second-order valence-electron chi connectivity index (χ2n) is 5.73. The molecule has 0 fully saturated rings. The number of para-hydroxylation sites is 1. The third-order valence-corrected chi connectivity index (χ3v) is 4.67. The molecule has 0 spiro atoms. The minimum atomic E-state index is -0.490. The second-order valence-corrected chi connectivity index (χ2v) is 6.67. The topological polar surface area (TPSA) is 80.8 Å². The molecule has 1 heterocycles. The van der Waals surface area contributed by atoms with Crippen LogP contribution in [0.2, 0.25) is 0 Å². The number of aryl methyl sites for hydroxylation is 2. The molecule has 0 saturated carbocycles. The van der Waals surface area contributed by atoms with Crippen molar-refractivity contribution in [3.63, 3.8) is 0 Å². The number of esters is 1. The van der Waals surface area contributed by atoms with E-state index in [-0.39, 0.29) is 18.3 Å². The summed E-state index contributed by atoms with van der Waals surface area (Å²) in [6, 6.07) is 5.61. The number of rotatable bonds is 7. The molecule has 0 radical (unpaired) electrons. The molecule has 1 N–H and O–H groups in total. The Morgan fingerprint density at radius 2 is 1.92 bits per heavy atom. The summed E-state index contributed by atoms with van der Waals surface area (Å²) < 4.78 is 9.77. The molecule has 7 nitrogen and oxygen atoms in total. The third-order valence-electron chi connectivity index (χ3n) is 3.84. The predicted molar refractivity (Wildman–Crippen MR) is 101 cm³/mol. The lowest BCUT2D eigenvalue weighted by Crippen LogP contribution is -2.37. The van der Waals surface area contributed by atoms with Crippen molar-refractivity contribution in [2.75, 3.05) is 32.7 Å². The minimum absolute atomic E-state index is 0.241. The standard InChI is InChI=1S/C18H23N3O4S/c1-12-6-5-7-13(2)16(12)20-18(23)21(8-9-24-3)10-15-19-14(11-26-15)17(22)25-4/h5-7,11H,8-10H2,1-4H3,(H,20,23). The second kappa shape index (κ2) is 9.30. The van der Waals surface area contributed by atoms with Gasteiger partial charge in [0.05, 0.1) is 20.3 Å². The van der Waals surface area contributed by atoms with Gasteiger partial charge in [0, 0.05) is 24.7 Å². The van der Waals surface area contributed by atoms with Crippen LogP contribution in [0.5, 0.6) is 0 Å². The number of anilines is 1. The molecule has 0 saturated heterocycles. The Labute approximate surface area is 156 Å². The summed E-state index contributed by atoms with van der Waals surface area (Å²) in [7, 11) is 2.89. The van der Waals surface area contributed by atoms with Gasteiger partial charge in [0.1, 0.15) is 5.01 Å². The van der Waals surface area contributed by atoms with Crippen LogP contribution in [0.3, 0.4) is 0 Å². The van der Waals surface area contributed by atoms with Gasteiger partial charge in [-0.2, -0.15) is 0 Å². The first kappa shape index (κ1) is 19.9. The van der Waals surface area contributed by atoms with Crippen LogP contribution < -0.4 is 5.32 Å². The minimum Gasteiger partial charge on any atom is -0.464 e. The number of thiazole rings is 1. The van der Waals surface area contributed by atoms with Crippen molar-refractivity contribution in [1.29, 1.82) is 0 Å². The zero-order valence-electron chi connectivity index (χ0n) is 15.4. The molecule has 0 bridgehead atoms. The van der Waals surface area contributed by atoms with Crippen LogP contribution in [0.4, 0.5) is 10.5 Å². The quantitative estimate of drug-likeness (QED) is 0.749. The van der Waals surface area contributed by atoms with E-state index in [9.17, 15) is 9.59 Å². The highest BCUT2D eigenvalue weighted by atomic mass is 32.1. The van der Waals surface area contributed by atoms with E-state index in [0.717, 1.165) is 16.8 Å². The van der Waals surface area contributed by atoms with Gasteiger partial charge in [-0.15, -0.1) is 11.3 Å². The van der Waals surface area contributed by atoms with Gasteiger partial charge in [0.15, 0.2) is 5.69 Å². The highest BCUT2D eigenvalue weighted by Crippen LogP contribution is 2.21. The van der Waals surface area contributed by atoms with Crippen molar-refractivity contribution in [3.05, 3.63) is 45.4 Å². The first-order chi connectivity index (χ1) is 12.5. The normalized spacial score (nSPS) is 10.5. The molecule has 0 aliphatic rings. The van der Waals surface area contributed by atoms with E-state index >= 15 is 0 Å². The number of hydrogen-bond acceptors (Lipinski definition) is 6. The number of carbonyl (C=O) groups excluding carboxylic acids is 2. The summed E-state index contributed by atoms with van der Waals surface area (Å²) in [5.41, 5.74) is 3.03. The Balaban J connectivity index is 2.14. The van der Waals surface area contributed by atoms with E-state index in [1.165, 1.54) is 18.4 Å². The van der Waals surface area contributed by atoms with E-state index in [0.29, 0.717) is 18.2 Å². The van der Waals surface area contributed by atoms with Crippen molar-refractivity contribution >= 4 is 29.0 Å². The van der Waals surface area contributed by atoms with Crippen LogP contribution in [-0.4, -0.2) is 49.3 Å². The summed E-state index contributed by atoms with van der Waals surface area (Å²) in [4.78, 5) is 30.2. The number of aromatic nitrogens is 1. The average Bonchev–Trinajstić information content (AvgIpc) is 3.09. The summed E-state index contributed by atoms with van der Waals surface area (Å²) in [6.07, 6.45) is 0. The molecule has 8 heteroatoms. The molecule has 0 aliphatic heterocycles. The number of hydrogen-bond donors (Lipinski definition) is 1. The molecule has 2 amide bonds. The van der Waals surface area contributed by atoms with E-state index in [4.69, 9.17) is 4.74 Å². The molecule has 0 atom stereocenters. The maximum Gasteiger partial charge on any atom is 0.357 e. The number of nitrogens with one attached hydrogen (secondary N) is 1. The lowest BCUT2D eigenvalue weighted by Gasteiger charge is -2.23. The van der Waals surface area contributed by atoms with Crippen molar-refractivity contribution < 1.29 is 19.1 Å². The molecule has 2 rings (SSSR count). The zero-order valence-corrected chi connectivity index (χ0v) is 16.2. The van der Waals surface area contributed by atoms with Crippen molar-refractivity contribution in [3.8, 4) is 0 Å². The number of ether oxygens (including phenoxy) is 2. The van der Waals surface area contributed by atoms with Gasteiger partial charge in [-0.05, 0) is 25.0 Å². The Kier molecular flexibility index (Phi) is 7.11. The fourth-order valence-corrected chi connectivity index (χ4v) is 3.17. The molecule has 1 aromatic heterocycles. The largest absolute Gasteiger partial charge is 0.464 e. The fourth-order valence-electron chi connectivity index (χ4n) is 2.40. The molecular formula is C18H23N3O4S. The summed E-state index contributed by atoms with van der Waals surface area (Å²) in [5, 5.41) is 5.24. The Bertz CT molecular complexity index is 755. The molecule has 0 unspecified atom stereocenters. The SMILES string of the molecule is COCCN(Cc1nc(C(=O)OC)cs1)C(=O)Nc1c(C)cccc1C. The third kappa shape index (κ3) is 5.03. The van der Waals surface area contributed by atoms with Gasteiger partial charge < -0.3 is 19.7 Å². The number of benzene rings is 1. The highest BCUT2D eigenvalue weighted by Gasteiger charge is 2.19. The van der Waals surface area contributed by atoms with Crippen molar-refractivity contribution in [2.24, 2.45) is 0 Å². The van der Waals surface area contributed by atoms with Gasteiger partial charge in [0.2, 0.25) is 0 Å². The van der Waals surface area contributed by atoms with Crippen LogP contribution in [0.1, 0.15) is 26.6 Å². The van der Waals surface area contributed by atoms with E-state index in [1.54, 1.807) is 17.4 Å². The molecular weight excluding hydrogens is 354 g/mol. The van der Waals surface area contributed by atoms with E-state index in [2.05, 4.69) is 15.0 Å². The number of methoxy groups -OCH3 is 2. The lowest BCUT2D eigenvalue weighted by molar-refractivity contribution is 0.0594. The number of urea groups is 1. The Morgan fingerprint density at radius 3 is 2.54 bits per heavy atom. The average molecular weight is 377 g/mol. The molecule has 1 aromatic carbocycles. The van der Waals surface area contributed by atoms with Gasteiger partial charge in [-0.3, -0.25) is 0 Å². The summed E-state index contributed by atoms with van der Waals surface area (Å²) in [5.74, 6) is -0.490. The van der Waals surface area contributed by atoms with Gasteiger partial charge in [-0.1, -0.05) is 18.2 Å². The first-order valence-corrected chi connectivity index (χ1v) is 8.98.